The van der Waals surface area contributed by atoms with Crippen molar-refractivity contribution in [2.24, 2.45) is 0 Å². The average Bonchev–Trinajstić information content (AvgIpc) is 2.72. The zero-order valence-electron chi connectivity index (χ0n) is 14.9. The molecular weight excluding hydrogens is 326 g/mol. The molecule has 132 valence electrons. The Morgan fingerprint density at radius 1 is 0.885 bits per heavy atom. The Bertz CT molecular complexity index is 874. The van der Waals surface area contributed by atoms with Gasteiger partial charge in [-0.15, -0.1) is 0 Å². The van der Waals surface area contributed by atoms with Crippen molar-refractivity contribution in [2.75, 3.05) is 19.5 Å². The predicted octanol–water partition coefficient (Wildman–Crippen LogP) is 4.76. The quantitative estimate of drug-likeness (QED) is 0.653. The molecule has 3 aromatic carbocycles. The lowest BCUT2D eigenvalue weighted by atomic mass is 10.0. The van der Waals surface area contributed by atoms with E-state index in [0.717, 1.165) is 28.1 Å². The number of methoxy groups -OCH3 is 2. The predicted molar refractivity (Wildman–Crippen MR) is 104 cm³/mol. The van der Waals surface area contributed by atoms with Gasteiger partial charge in [0, 0.05) is 6.54 Å². The van der Waals surface area contributed by atoms with Crippen LogP contribution in [0.4, 0.5) is 5.69 Å². The van der Waals surface area contributed by atoms with E-state index in [1.165, 1.54) is 7.11 Å². The lowest BCUT2D eigenvalue weighted by Crippen LogP contribution is -2.04. The first-order valence-corrected chi connectivity index (χ1v) is 8.36. The van der Waals surface area contributed by atoms with Gasteiger partial charge in [0.25, 0.3) is 0 Å². The van der Waals surface area contributed by atoms with E-state index in [1.54, 1.807) is 19.2 Å². The molecule has 1 N–H and O–H groups in total. The maximum Gasteiger partial charge on any atom is 0.337 e. The smallest absolute Gasteiger partial charge is 0.337 e. The fraction of sp³-hybridized carbons (Fsp3) is 0.136. The Morgan fingerprint density at radius 2 is 1.62 bits per heavy atom. The van der Waals surface area contributed by atoms with E-state index >= 15 is 0 Å². The standard InChI is InChI=1S/C22H21NO3/c1-25-21-13-12-19(17-6-4-3-5-7-17)14-20(21)23-15-16-8-10-18(11-9-16)22(24)26-2/h3-14,23H,15H2,1-2H3. The monoisotopic (exact) mass is 347 g/mol. The second-order valence-corrected chi connectivity index (χ2v) is 5.82. The Morgan fingerprint density at radius 3 is 2.27 bits per heavy atom. The van der Waals surface area contributed by atoms with Crippen molar-refractivity contribution in [1.82, 2.24) is 0 Å². The lowest BCUT2D eigenvalue weighted by Gasteiger charge is -2.13. The van der Waals surface area contributed by atoms with Gasteiger partial charge >= 0.3 is 5.97 Å². The molecule has 0 unspecified atom stereocenters. The van der Waals surface area contributed by atoms with Crippen molar-refractivity contribution in [2.45, 2.75) is 6.54 Å². The summed E-state index contributed by atoms with van der Waals surface area (Å²) >= 11 is 0. The van der Waals surface area contributed by atoms with Gasteiger partial charge in [-0.3, -0.25) is 0 Å². The fourth-order valence-corrected chi connectivity index (χ4v) is 2.73. The van der Waals surface area contributed by atoms with E-state index in [-0.39, 0.29) is 5.97 Å². The highest BCUT2D eigenvalue weighted by Gasteiger charge is 2.07. The van der Waals surface area contributed by atoms with Gasteiger partial charge in [0.05, 0.1) is 25.5 Å². The molecule has 0 aliphatic heterocycles. The van der Waals surface area contributed by atoms with Gasteiger partial charge in [-0.25, -0.2) is 4.79 Å². The number of rotatable bonds is 6. The Kier molecular flexibility index (Phi) is 5.54. The van der Waals surface area contributed by atoms with Crippen LogP contribution in [0, 0.1) is 0 Å². The van der Waals surface area contributed by atoms with Crippen molar-refractivity contribution in [3.63, 3.8) is 0 Å². The van der Waals surface area contributed by atoms with E-state index in [1.807, 2.05) is 42.5 Å². The molecule has 0 aromatic heterocycles. The summed E-state index contributed by atoms with van der Waals surface area (Å²) in [6, 6.07) is 23.6. The number of nitrogens with one attached hydrogen (secondary N) is 1. The molecule has 0 aliphatic rings. The normalized spacial score (nSPS) is 10.2. The van der Waals surface area contributed by atoms with Crippen molar-refractivity contribution in [1.29, 1.82) is 0 Å². The number of hydrogen-bond acceptors (Lipinski definition) is 4. The molecule has 0 amide bonds. The second-order valence-electron chi connectivity index (χ2n) is 5.82. The maximum absolute atomic E-state index is 11.5. The highest BCUT2D eigenvalue weighted by Crippen LogP contribution is 2.31. The largest absolute Gasteiger partial charge is 0.495 e. The van der Waals surface area contributed by atoms with Crippen LogP contribution < -0.4 is 10.1 Å². The van der Waals surface area contributed by atoms with Crippen molar-refractivity contribution >= 4 is 11.7 Å². The van der Waals surface area contributed by atoms with Crippen molar-refractivity contribution in [3.8, 4) is 16.9 Å². The minimum absolute atomic E-state index is 0.332. The number of ether oxygens (including phenoxy) is 2. The van der Waals surface area contributed by atoms with Crippen LogP contribution in [0.2, 0.25) is 0 Å². The molecule has 3 rings (SSSR count). The van der Waals surface area contributed by atoms with E-state index in [9.17, 15) is 4.79 Å². The first-order chi connectivity index (χ1) is 12.7. The summed E-state index contributed by atoms with van der Waals surface area (Å²) in [4.78, 5) is 11.5. The third-order valence-corrected chi connectivity index (χ3v) is 4.16. The van der Waals surface area contributed by atoms with Gasteiger partial charge in [0.2, 0.25) is 0 Å². The summed E-state index contributed by atoms with van der Waals surface area (Å²) < 4.78 is 10.2. The minimum Gasteiger partial charge on any atom is -0.495 e. The molecule has 0 saturated carbocycles. The summed E-state index contributed by atoms with van der Waals surface area (Å²) in [5.74, 6) is 0.456. The first kappa shape index (κ1) is 17.5. The highest BCUT2D eigenvalue weighted by atomic mass is 16.5. The summed E-state index contributed by atoms with van der Waals surface area (Å²) in [5.41, 5.74) is 4.80. The SMILES string of the molecule is COC(=O)c1ccc(CNc2cc(-c3ccccc3)ccc2OC)cc1. The van der Waals surface area contributed by atoms with Crippen molar-refractivity contribution < 1.29 is 14.3 Å². The lowest BCUT2D eigenvalue weighted by molar-refractivity contribution is 0.0600. The van der Waals surface area contributed by atoms with E-state index < -0.39 is 0 Å². The summed E-state index contributed by atoms with van der Waals surface area (Å²) in [6.45, 7) is 0.621. The van der Waals surface area contributed by atoms with Gasteiger partial charge in [-0.1, -0.05) is 48.5 Å². The minimum atomic E-state index is -0.332. The third-order valence-electron chi connectivity index (χ3n) is 4.16. The molecule has 0 atom stereocenters. The van der Waals surface area contributed by atoms with Crippen LogP contribution in [0.25, 0.3) is 11.1 Å². The summed E-state index contributed by atoms with van der Waals surface area (Å²) in [5, 5.41) is 3.41. The maximum atomic E-state index is 11.5. The number of esters is 1. The van der Waals surface area contributed by atoms with E-state index in [4.69, 9.17) is 9.47 Å². The molecule has 4 nitrogen and oxygen atoms in total. The fourth-order valence-electron chi connectivity index (χ4n) is 2.73. The van der Waals surface area contributed by atoms with Crippen LogP contribution in [-0.2, 0) is 11.3 Å². The van der Waals surface area contributed by atoms with Crippen LogP contribution in [0.15, 0.2) is 72.8 Å². The van der Waals surface area contributed by atoms with Crippen LogP contribution in [0.5, 0.6) is 5.75 Å². The van der Waals surface area contributed by atoms with Crippen LogP contribution in [0.3, 0.4) is 0 Å². The number of hydrogen-bond donors (Lipinski definition) is 1. The zero-order chi connectivity index (χ0) is 18.4. The molecule has 26 heavy (non-hydrogen) atoms. The molecule has 0 saturated heterocycles. The molecule has 4 heteroatoms. The zero-order valence-corrected chi connectivity index (χ0v) is 14.9. The average molecular weight is 347 g/mol. The van der Waals surface area contributed by atoms with Gasteiger partial charge < -0.3 is 14.8 Å². The van der Waals surface area contributed by atoms with Crippen LogP contribution in [0.1, 0.15) is 15.9 Å². The van der Waals surface area contributed by atoms with Gasteiger partial charge in [0.1, 0.15) is 5.75 Å². The highest BCUT2D eigenvalue weighted by molar-refractivity contribution is 5.89. The first-order valence-electron chi connectivity index (χ1n) is 8.36. The molecule has 0 spiro atoms. The summed E-state index contributed by atoms with van der Waals surface area (Å²) in [6.07, 6.45) is 0. The molecular formula is C22H21NO3. The molecule has 3 aromatic rings. The second kappa shape index (κ2) is 8.21. The molecule has 0 bridgehead atoms. The molecule has 0 heterocycles. The number of anilines is 1. The number of carbonyl (C=O) groups excluding carboxylic acids is 1. The van der Waals surface area contributed by atoms with Gasteiger partial charge in [0.15, 0.2) is 0 Å². The third kappa shape index (κ3) is 4.03. The summed E-state index contributed by atoms with van der Waals surface area (Å²) in [7, 11) is 3.04. The Hall–Kier alpha value is -3.27. The van der Waals surface area contributed by atoms with Gasteiger partial charge in [-0.05, 0) is 41.0 Å². The van der Waals surface area contributed by atoms with E-state index in [0.29, 0.717) is 12.1 Å². The van der Waals surface area contributed by atoms with Crippen molar-refractivity contribution in [3.05, 3.63) is 83.9 Å². The molecule has 0 aliphatic carbocycles. The molecule has 0 radical (unpaired) electrons. The topological polar surface area (TPSA) is 47.6 Å². The Labute approximate surface area is 153 Å². The molecule has 0 fully saturated rings. The number of carbonyl (C=O) groups is 1. The van der Waals surface area contributed by atoms with Crippen LogP contribution >= 0.6 is 0 Å². The number of benzene rings is 3. The Balaban J connectivity index is 1.77. The van der Waals surface area contributed by atoms with Crippen LogP contribution in [-0.4, -0.2) is 20.2 Å². The van der Waals surface area contributed by atoms with E-state index in [2.05, 4.69) is 23.5 Å². The van der Waals surface area contributed by atoms with Gasteiger partial charge in [-0.2, -0.15) is 0 Å².